The second kappa shape index (κ2) is 4.25. The molecule has 88 valence electrons. The van der Waals surface area contributed by atoms with Gasteiger partial charge in [-0.1, -0.05) is 5.16 Å². The number of amides is 1. The molecule has 2 rings (SSSR count). The number of hydrogen-bond donors (Lipinski definition) is 0. The first-order chi connectivity index (χ1) is 7.58. The van der Waals surface area contributed by atoms with Gasteiger partial charge in [-0.3, -0.25) is 4.79 Å². The molecule has 0 unspecified atom stereocenters. The van der Waals surface area contributed by atoms with E-state index in [1.165, 1.54) is 0 Å². The average Bonchev–Trinajstić information content (AvgIpc) is 2.67. The topological polar surface area (TPSA) is 55.6 Å². The molecule has 0 bridgehead atoms. The summed E-state index contributed by atoms with van der Waals surface area (Å²) in [7, 11) is 0. The highest BCUT2D eigenvalue weighted by Crippen LogP contribution is 2.15. The number of morpholine rings is 1. The Labute approximate surface area is 94.3 Å². The van der Waals surface area contributed by atoms with Gasteiger partial charge in [-0.05, 0) is 20.8 Å². The minimum absolute atomic E-state index is 0.0733. The van der Waals surface area contributed by atoms with Crippen LogP contribution in [0.1, 0.15) is 30.1 Å². The van der Waals surface area contributed by atoms with Crippen molar-refractivity contribution in [2.45, 2.75) is 32.9 Å². The third-order valence-corrected chi connectivity index (χ3v) is 2.71. The Bertz CT molecular complexity index is 388. The zero-order valence-corrected chi connectivity index (χ0v) is 9.77. The monoisotopic (exact) mass is 224 g/mol. The second-order valence-electron chi connectivity index (χ2n) is 4.28. The lowest BCUT2D eigenvalue weighted by Gasteiger charge is -2.36. The second-order valence-corrected chi connectivity index (χ2v) is 4.28. The molecule has 1 aliphatic rings. The first-order valence-corrected chi connectivity index (χ1v) is 5.44. The number of aromatic nitrogens is 1. The maximum atomic E-state index is 12.1. The molecule has 2 heterocycles. The van der Waals surface area contributed by atoms with Crippen LogP contribution in [0.3, 0.4) is 0 Å². The summed E-state index contributed by atoms with van der Waals surface area (Å²) in [6.45, 7) is 6.89. The molecule has 1 amide bonds. The van der Waals surface area contributed by atoms with E-state index in [2.05, 4.69) is 5.16 Å². The van der Waals surface area contributed by atoms with E-state index in [0.29, 0.717) is 18.9 Å². The molecule has 0 aromatic carbocycles. The van der Waals surface area contributed by atoms with Gasteiger partial charge in [0, 0.05) is 12.6 Å². The summed E-state index contributed by atoms with van der Waals surface area (Å²) in [6, 6.07) is 1.74. The quantitative estimate of drug-likeness (QED) is 0.720. The highest BCUT2D eigenvalue weighted by molar-refractivity contribution is 5.91. The van der Waals surface area contributed by atoms with Crippen LogP contribution in [0, 0.1) is 6.92 Å². The van der Waals surface area contributed by atoms with E-state index in [1.54, 1.807) is 17.9 Å². The van der Waals surface area contributed by atoms with E-state index in [-0.39, 0.29) is 18.1 Å². The van der Waals surface area contributed by atoms with E-state index in [9.17, 15) is 4.79 Å². The van der Waals surface area contributed by atoms with Crippen LogP contribution >= 0.6 is 0 Å². The Morgan fingerprint density at radius 2 is 2.31 bits per heavy atom. The summed E-state index contributed by atoms with van der Waals surface area (Å²) >= 11 is 0. The largest absolute Gasteiger partial charge is 0.375 e. The summed E-state index contributed by atoms with van der Waals surface area (Å²) in [4.78, 5) is 13.9. The van der Waals surface area contributed by atoms with E-state index in [0.717, 1.165) is 5.69 Å². The van der Waals surface area contributed by atoms with Crippen molar-refractivity contribution in [1.29, 1.82) is 0 Å². The lowest BCUT2D eigenvalue weighted by molar-refractivity contribution is -0.0398. The molecule has 5 nitrogen and oxygen atoms in total. The minimum Gasteiger partial charge on any atom is -0.375 e. The Morgan fingerprint density at radius 1 is 1.56 bits per heavy atom. The molecule has 1 aromatic rings. The van der Waals surface area contributed by atoms with Crippen molar-refractivity contribution in [3.8, 4) is 0 Å². The van der Waals surface area contributed by atoms with Crippen molar-refractivity contribution in [2.75, 3.05) is 13.2 Å². The fourth-order valence-corrected chi connectivity index (χ4v) is 1.79. The average molecular weight is 224 g/mol. The molecule has 0 N–H and O–H groups in total. The van der Waals surface area contributed by atoms with Crippen LogP contribution in [0.2, 0.25) is 0 Å². The fraction of sp³-hybridized carbons (Fsp3) is 0.636. The highest BCUT2D eigenvalue weighted by Gasteiger charge is 2.30. The number of hydrogen-bond acceptors (Lipinski definition) is 4. The third-order valence-electron chi connectivity index (χ3n) is 2.71. The Morgan fingerprint density at radius 3 is 2.94 bits per heavy atom. The van der Waals surface area contributed by atoms with Crippen LogP contribution in [0.4, 0.5) is 0 Å². The maximum absolute atomic E-state index is 12.1. The molecule has 16 heavy (non-hydrogen) atoms. The summed E-state index contributed by atoms with van der Waals surface area (Å²) in [5, 5.41) is 3.72. The molecule has 1 aromatic heterocycles. The number of carbonyl (C=O) groups excluding carboxylic acids is 1. The van der Waals surface area contributed by atoms with Crippen molar-refractivity contribution in [1.82, 2.24) is 10.1 Å². The molecule has 0 spiro atoms. The number of carbonyl (C=O) groups is 1. The molecule has 0 radical (unpaired) electrons. The molecule has 5 heteroatoms. The number of aryl methyl sites for hydroxylation is 1. The molecule has 0 saturated carbocycles. The SMILES string of the molecule is Cc1cc(C(=O)N2C[C@H](C)OC[C@@H]2C)on1. The fourth-order valence-electron chi connectivity index (χ4n) is 1.79. The molecular weight excluding hydrogens is 208 g/mol. The lowest BCUT2D eigenvalue weighted by Crippen LogP contribution is -2.50. The van der Waals surface area contributed by atoms with Crippen LogP contribution in [-0.2, 0) is 4.74 Å². The summed E-state index contributed by atoms with van der Waals surface area (Å²) in [6.07, 6.45) is 0.0733. The van der Waals surface area contributed by atoms with Gasteiger partial charge < -0.3 is 14.2 Å². The Balaban J connectivity index is 2.14. The van der Waals surface area contributed by atoms with Crippen molar-refractivity contribution < 1.29 is 14.1 Å². The lowest BCUT2D eigenvalue weighted by atomic mass is 10.2. The van der Waals surface area contributed by atoms with E-state index >= 15 is 0 Å². The molecule has 2 atom stereocenters. The van der Waals surface area contributed by atoms with E-state index in [1.807, 2.05) is 13.8 Å². The van der Waals surface area contributed by atoms with Gasteiger partial charge in [0.15, 0.2) is 0 Å². The molecule has 1 aliphatic heterocycles. The first-order valence-electron chi connectivity index (χ1n) is 5.44. The summed E-state index contributed by atoms with van der Waals surface area (Å²) < 4.78 is 10.5. The van der Waals surface area contributed by atoms with Gasteiger partial charge in [-0.2, -0.15) is 0 Å². The highest BCUT2D eigenvalue weighted by atomic mass is 16.5. The van der Waals surface area contributed by atoms with Gasteiger partial charge >= 0.3 is 0 Å². The van der Waals surface area contributed by atoms with Crippen LogP contribution in [0.15, 0.2) is 10.6 Å². The normalized spacial score (nSPS) is 25.8. The van der Waals surface area contributed by atoms with Gasteiger partial charge in [0.05, 0.1) is 24.4 Å². The van der Waals surface area contributed by atoms with Crippen LogP contribution < -0.4 is 0 Å². The number of rotatable bonds is 1. The van der Waals surface area contributed by atoms with Crippen LogP contribution in [-0.4, -0.2) is 41.3 Å². The van der Waals surface area contributed by atoms with Crippen LogP contribution in [0.5, 0.6) is 0 Å². The van der Waals surface area contributed by atoms with E-state index < -0.39 is 0 Å². The van der Waals surface area contributed by atoms with Crippen molar-refractivity contribution in [2.24, 2.45) is 0 Å². The van der Waals surface area contributed by atoms with E-state index in [4.69, 9.17) is 9.26 Å². The third kappa shape index (κ3) is 2.09. The standard InChI is InChI=1S/C11H16N2O3/c1-7-4-10(16-12-7)11(14)13-5-9(3)15-6-8(13)2/h4,8-9H,5-6H2,1-3H3/t8-,9-/m0/s1. The first kappa shape index (κ1) is 11.1. The van der Waals surface area contributed by atoms with Crippen molar-refractivity contribution in [3.63, 3.8) is 0 Å². The zero-order chi connectivity index (χ0) is 11.7. The zero-order valence-electron chi connectivity index (χ0n) is 9.77. The Kier molecular flexibility index (Phi) is 2.96. The molecule has 0 aliphatic carbocycles. The van der Waals surface area contributed by atoms with Gasteiger partial charge in [0.1, 0.15) is 0 Å². The van der Waals surface area contributed by atoms with Crippen molar-refractivity contribution in [3.05, 3.63) is 17.5 Å². The molecule has 1 saturated heterocycles. The predicted octanol–water partition coefficient (Wildman–Crippen LogP) is 1.23. The van der Waals surface area contributed by atoms with Gasteiger partial charge in [0.2, 0.25) is 5.76 Å². The summed E-state index contributed by atoms with van der Waals surface area (Å²) in [5.41, 5.74) is 0.720. The maximum Gasteiger partial charge on any atom is 0.292 e. The molecular formula is C11H16N2O3. The number of ether oxygens (including phenoxy) is 1. The minimum atomic E-state index is -0.108. The summed E-state index contributed by atoms with van der Waals surface area (Å²) in [5.74, 6) is 0.196. The smallest absolute Gasteiger partial charge is 0.292 e. The van der Waals surface area contributed by atoms with Crippen molar-refractivity contribution >= 4 is 5.91 Å². The molecule has 1 fully saturated rings. The Hall–Kier alpha value is -1.36. The number of nitrogens with zero attached hydrogens (tertiary/aromatic N) is 2. The predicted molar refractivity (Wildman–Crippen MR) is 57.2 cm³/mol. The van der Waals surface area contributed by atoms with Gasteiger partial charge in [0.25, 0.3) is 5.91 Å². The van der Waals surface area contributed by atoms with Gasteiger partial charge in [-0.25, -0.2) is 0 Å². The van der Waals surface area contributed by atoms with Crippen LogP contribution in [0.25, 0.3) is 0 Å². The van der Waals surface area contributed by atoms with Gasteiger partial charge in [-0.15, -0.1) is 0 Å².